The minimum atomic E-state index is -0.650. The summed E-state index contributed by atoms with van der Waals surface area (Å²) in [6.07, 6.45) is 14.5. The number of carbonyl (C=O) groups excluding carboxylic acids is 1. The first-order chi connectivity index (χ1) is 17.2. The Labute approximate surface area is 209 Å². The number of fused-ring (bicyclic) bond motifs is 4. The molecule has 0 spiro atoms. The van der Waals surface area contributed by atoms with Crippen molar-refractivity contribution < 1.29 is 9.53 Å². The summed E-state index contributed by atoms with van der Waals surface area (Å²) in [7, 11) is 1.51. The number of methoxy groups -OCH3 is 1. The van der Waals surface area contributed by atoms with Crippen LogP contribution in [0.1, 0.15) is 80.9 Å². The van der Waals surface area contributed by atoms with Gasteiger partial charge in [-0.2, -0.15) is 0 Å². The van der Waals surface area contributed by atoms with Crippen LogP contribution < -0.4 is 0 Å². The van der Waals surface area contributed by atoms with Crippen LogP contribution in [0.5, 0.6) is 0 Å². The number of carbonyl (C=O) groups is 1. The zero-order valence-corrected chi connectivity index (χ0v) is 20.8. The van der Waals surface area contributed by atoms with Crippen molar-refractivity contribution in [2.45, 2.75) is 87.9 Å². The molecule has 2 aliphatic carbocycles. The first-order valence-corrected chi connectivity index (χ1v) is 13.6. The number of hydrogen-bond donors (Lipinski definition) is 0. The summed E-state index contributed by atoms with van der Waals surface area (Å²) in [5.74, 6) is -0.231. The van der Waals surface area contributed by atoms with Gasteiger partial charge in [-0.05, 0) is 42.9 Å². The van der Waals surface area contributed by atoms with Crippen LogP contribution in [0.3, 0.4) is 0 Å². The molecule has 2 aromatic rings. The maximum Gasteiger partial charge on any atom is 0.336 e. The number of nitrogens with zero attached hydrogens (tertiary/aromatic N) is 2. The highest BCUT2D eigenvalue weighted by atomic mass is 16.5. The summed E-state index contributed by atoms with van der Waals surface area (Å²) in [6.45, 7) is 0. The summed E-state index contributed by atoms with van der Waals surface area (Å²) in [5, 5.41) is 0. The smallest absolute Gasteiger partial charge is 0.336 e. The van der Waals surface area contributed by atoms with E-state index in [4.69, 9.17) is 9.73 Å². The molecule has 2 unspecified atom stereocenters. The number of rotatable bonds is 4. The summed E-state index contributed by atoms with van der Waals surface area (Å²) in [6, 6.07) is 20.1. The van der Waals surface area contributed by atoms with E-state index < -0.39 is 5.54 Å². The first kappa shape index (κ1) is 22.7. The van der Waals surface area contributed by atoms with Crippen LogP contribution >= 0.6 is 0 Å². The topological polar surface area (TPSA) is 41.9 Å². The SMILES string of the molecule is COC(=O)C1=CC2C(=NC3CCCCC3)c3ccccc3C1(c1ccccc1)N2C1CCCCC1. The molecule has 0 radical (unpaired) electrons. The number of esters is 1. The lowest BCUT2D eigenvalue weighted by atomic mass is 9.71. The van der Waals surface area contributed by atoms with Crippen molar-refractivity contribution in [1.29, 1.82) is 0 Å². The molecule has 182 valence electrons. The minimum Gasteiger partial charge on any atom is -0.466 e. The molecule has 6 rings (SSSR count). The third-order valence-electron chi connectivity index (χ3n) is 8.74. The fraction of sp³-hybridized carbons (Fsp3) is 0.484. The van der Waals surface area contributed by atoms with Gasteiger partial charge < -0.3 is 4.74 Å². The van der Waals surface area contributed by atoms with Crippen LogP contribution in [-0.2, 0) is 15.1 Å². The average Bonchev–Trinajstić information content (AvgIpc) is 3.24. The summed E-state index contributed by atoms with van der Waals surface area (Å²) in [5.41, 5.74) is 4.79. The predicted octanol–water partition coefficient (Wildman–Crippen LogP) is 6.18. The van der Waals surface area contributed by atoms with Crippen LogP contribution in [0.15, 0.2) is 71.2 Å². The molecule has 35 heavy (non-hydrogen) atoms. The van der Waals surface area contributed by atoms with Gasteiger partial charge in [0.25, 0.3) is 0 Å². The number of ether oxygens (including phenoxy) is 1. The Morgan fingerprint density at radius 1 is 0.886 bits per heavy atom. The zero-order chi connectivity index (χ0) is 23.8. The van der Waals surface area contributed by atoms with Gasteiger partial charge in [0, 0.05) is 11.6 Å². The van der Waals surface area contributed by atoms with E-state index in [-0.39, 0.29) is 12.0 Å². The Morgan fingerprint density at radius 2 is 1.54 bits per heavy atom. The van der Waals surface area contributed by atoms with Crippen LogP contribution in [0.25, 0.3) is 0 Å². The minimum absolute atomic E-state index is 0.00997. The lowest BCUT2D eigenvalue weighted by Gasteiger charge is -2.52. The molecule has 2 atom stereocenters. The third-order valence-corrected chi connectivity index (χ3v) is 8.74. The largest absolute Gasteiger partial charge is 0.466 e. The van der Waals surface area contributed by atoms with E-state index in [1.54, 1.807) is 0 Å². The van der Waals surface area contributed by atoms with Crippen LogP contribution in [0, 0.1) is 0 Å². The summed E-state index contributed by atoms with van der Waals surface area (Å²) >= 11 is 0. The van der Waals surface area contributed by atoms with E-state index in [0.717, 1.165) is 29.7 Å². The lowest BCUT2D eigenvalue weighted by molar-refractivity contribution is -0.137. The van der Waals surface area contributed by atoms with Gasteiger partial charge in [0.2, 0.25) is 0 Å². The molecule has 4 heteroatoms. The van der Waals surface area contributed by atoms with Gasteiger partial charge in [-0.15, -0.1) is 0 Å². The Hall–Kier alpha value is -2.72. The number of hydrogen-bond acceptors (Lipinski definition) is 4. The van der Waals surface area contributed by atoms with E-state index in [9.17, 15) is 4.79 Å². The molecule has 4 nitrogen and oxygen atoms in total. The molecule has 0 saturated heterocycles. The highest BCUT2D eigenvalue weighted by Crippen LogP contribution is 2.55. The quantitative estimate of drug-likeness (QED) is 0.503. The molecular weight excluding hydrogens is 432 g/mol. The molecule has 0 aromatic heterocycles. The fourth-order valence-corrected chi connectivity index (χ4v) is 7.26. The molecule has 2 aromatic carbocycles. The Morgan fingerprint density at radius 3 is 2.26 bits per heavy atom. The van der Waals surface area contributed by atoms with Crippen molar-refractivity contribution in [2.24, 2.45) is 4.99 Å². The van der Waals surface area contributed by atoms with Gasteiger partial charge in [-0.25, -0.2) is 4.79 Å². The Bertz CT molecular complexity index is 1140. The van der Waals surface area contributed by atoms with Crippen molar-refractivity contribution in [3.8, 4) is 0 Å². The van der Waals surface area contributed by atoms with Gasteiger partial charge in [0.1, 0.15) is 5.54 Å². The second kappa shape index (κ2) is 9.39. The van der Waals surface area contributed by atoms with Gasteiger partial charge in [-0.1, -0.05) is 93.1 Å². The van der Waals surface area contributed by atoms with E-state index in [2.05, 4.69) is 65.6 Å². The van der Waals surface area contributed by atoms with Crippen molar-refractivity contribution in [3.05, 3.63) is 82.9 Å². The summed E-state index contributed by atoms with van der Waals surface area (Å²) < 4.78 is 5.45. The highest BCUT2D eigenvalue weighted by molar-refractivity contribution is 6.12. The zero-order valence-electron chi connectivity index (χ0n) is 20.8. The Kier molecular flexibility index (Phi) is 6.09. The van der Waals surface area contributed by atoms with E-state index in [0.29, 0.717) is 12.1 Å². The monoisotopic (exact) mass is 468 g/mol. The molecule has 2 bridgehead atoms. The maximum atomic E-state index is 13.5. The molecule has 2 aliphatic heterocycles. The van der Waals surface area contributed by atoms with Gasteiger partial charge in [0.05, 0.1) is 30.5 Å². The highest BCUT2D eigenvalue weighted by Gasteiger charge is 2.60. The fourth-order valence-electron chi connectivity index (χ4n) is 7.26. The standard InChI is InChI=1S/C31H36N2O2/c1-35-30(34)27-21-28-29(32-23-15-7-3-8-16-23)25-19-11-12-20-26(25)31(27,22-13-5-2-6-14-22)33(28)24-17-9-4-10-18-24/h2,5-6,11-14,19-21,23-24,28H,3-4,7-10,15-18H2,1H3. The molecule has 4 aliphatic rings. The number of benzene rings is 2. The Balaban J connectivity index is 1.63. The first-order valence-electron chi connectivity index (χ1n) is 13.6. The van der Waals surface area contributed by atoms with E-state index in [1.165, 1.54) is 69.6 Å². The molecule has 0 amide bonds. The maximum absolute atomic E-state index is 13.5. The van der Waals surface area contributed by atoms with Crippen molar-refractivity contribution in [2.75, 3.05) is 7.11 Å². The molecular formula is C31H36N2O2. The molecule has 2 fully saturated rings. The van der Waals surface area contributed by atoms with E-state index in [1.807, 2.05) is 0 Å². The van der Waals surface area contributed by atoms with Crippen molar-refractivity contribution >= 4 is 11.7 Å². The van der Waals surface area contributed by atoms with Gasteiger partial charge in [0.15, 0.2) is 0 Å². The second-order valence-electron chi connectivity index (χ2n) is 10.6. The average molecular weight is 469 g/mol. The van der Waals surface area contributed by atoms with Crippen molar-refractivity contribution in [3.63, 3.8) is 0 Å². The molecule has 0 N–H and O–H groups in total. The predicted molar refractivity (Wildman–Crippen MR) is 140 cm³/mol. The van der Waals surface area contributed by atoms with Gasteiger partial charge >= 0.3 is 5.97 Å². The summed E-state index contributed by atoms with van der Waals surface area (Å²) in [4.78, 5) is 21.7. The molecule has 2 heterocycles. The molecule has 2 saturated carbocycles. The van der Waals surface area contributed by atoms with Crippen LogP contribution in [0.2, 0.25) is 0 Å². The van der Waals surface area contributed by atoms with Gasteiger partial charge in [-0.3, -0.25) is 9.89 Å². The van der Waals surface area contributed by atoms with Crippen LogP contribution in [-0.4, -0.2) is 41.8 Å². The van der Waals surface area contributed by atoms with Crippen molar-refractivity contribution in [1.82, 2.24) is 4.90 Å². The normalized spacial score (nSPS) is 28.5. The van der Waals surface area contributed by atoms with E-state index >= 15 is 0 Å². The lowest BCUT2D eigenvalue weighted by Crippen LogP contribution is -2.60. The second-order valence-corrected chi connectivity index (χ2v) is 10.6. The van der Waals surface area contributed by atoms with Crippen LogP contribution in [0.4, 0.5) is 0 Å². The third kappa shape index (κ3) is 3.60. The number of aliphatic imine (C=N–C) groups is 1.